The SMILES string of the molecule is CC(S)Cn1c(=O)[nH]c(=O)[nH]c1=O. The molecule has 1 aromatic rings. The second-order valence-corrected chi connectivity index (χ2v) is 3.53. The molecular formula is C6H9N3O3S. The molecule has 2 N–H and O–H groups in total. The summed E-state index contributed by atoms with van der Waals surface area (Å²) in [7, 11) is 0. The van der Waals surface area contributed by atoms with E-state index in [1.165, 1.54) is 0 Å². The van der Waals surface area contributed by atoms with Crippen LogP contribution in [0.3, 0.4) is 0 Å². The zero-order valence-corrected chi connectivity index (χ0v) is 7.80. The molecule has 1 rings (SSSR count). The van der Waals surface area contributed by atoms with E-state index in [-0.39, 0.29) is 11.8 Å². The first kappa shape index (κ1) is 9.85. The summed E-state index contributed by atoms with van der Waals surface area (Å²) in [6.45, 7) is 1.90. The van der Waals surface area contributed by atoms with Crippen molar-refractivity contribution in [3.63, 3.8) is 0 Å². The van der Waals surface area contributed by atoms with Crippen LogP contribution in [0.2, 0.25) is 0 Å². The number of nitrogens with one attached hydrogen (secondary N) is 2. The van der Waals surface area contributed by atoms with Crippen molar-refractivity contribution in [1.82, 2.24) is 14.5 Å². The second kappa shape index (κ2) is 3.65. The van der Waals surface area contributed by atoms with Gasteiger partial charge in [-0.15, -0.1) is 0 Å². The van der Waals surface area contributed by atoms with E-state index in [4.69, 9.17) is 0 Å². The van der Waals surface area contributed by atoms with Crippen molar-refractivity contribution in [2.75, 3.05) is 0 Å². The van der Waals surface area contributed by atoms with E-state index in [0.29, 0.717) is 0 Å². The molecule has 0 aliphatic carbocycles. The molecule has 1 unspecified atom stereocenters. The van der Waals surface area contributed by atoms with E-state index in [2.05, 4.69) is 12.6 Å². The molecule has 0 saturated carbocycles. The van der Waals surface area contributed by atoms with Crippen molar-refractivity contribution < 1.29 is 0 Å². The lowest BCUT2D eigenvalue weighted by Crippen LogP contribution is -2.44. The van der Waals surface area contributed by atoms with Gasteiger partial charge in [0.1, 0.15) is 0 Å². The van der Waals surface area contributed by atoms with Crippen molar-refractivity contribution in [1.29, 1.82) is 0 Å². The van der Waals surface area contributed by atoms with Gasteiger partial charge >= 0.3 is 17.1 Å². The van der Waals surface area contributed by atoms with Crippen LogP contribution in [0.15, 0.2) is 14.4 Å². The van der Waals surface area contributed by atoms with Crippen LogP contribution in [0.5, 0.6) is 0 Å². The Hall–Kier alpha value is -1.24. The Labute approximate surface area is 78.0 Å². The van der Waals surface area contributed by atoms with Gasteiger partial charge in [0, 0.05) is 11.8 Å². The fraction of sp³-hybridized carbons (Fsp3) is 0.500. The van der Waals surface area contributed by atoms with Crippen molar-refractivity contribution >= 4 is 12.6 Å². The highest BCUT2D eigenvalue weighted by molar-refractivity contribution is 7.80. The fourth-order valence-corrected chi connectivity index (χ4v) is 1.05. The molecule has 1 heterocycles. The summed E-state index contributed by atoms with van der Waals surface area (Å²) < 4.78 is 0.888. The van der Waals surface area contributed by atoms with E-state index < -0.39 is 17.1 Å². The van der Waals surface area contributed by atoms with Gasteiger partial charge in [0.15, 0.2) is 0 Å². The van der Waals surface area contributed by atoms with Gasteiger partial charge < -0.3 is 0 Å². The standard InChI is InChI=1S/C6H9N3O3S/c1-3(13)2-9-5(11)7-4(10)8-6(9)12/h3,13H,2H2,1H3,(H2,7,8,10,11,12). The van der Waals surface area contributed by atoms with E-state index in [9.17, 15) is 14.4 Å². The van der Waals surface area contributed by atoms with Gasteiger partial charge in [-0.3, -0.25) is 9.97 Å². The second-order valence-electron chi connectivity index (χ2n) is 2.65. The van der Waals surface area contributed by atoms with Gasteiger partial charge in [-0.05, 0) is 0 Å². The minimum atomic E-state index is -0.793. The zero-order valence-electron chi connectivity index (χ0n) is 6.90. The number of nitrogens with zero attached hydrogens (tertiary/aromatic N) is 1. The van der Waals surface area contributed by atoms with Crippen LogP contribution >= 0.6 is 12.6 Å². The molecule has 1 atom stereocenters. The van der Waals surface area contributed by atoms with Crippen LogP contribution < -0.4 is 17.1 Å². The van der Waals surface area contributed by atoms with Gasteiger partial charge in [0.2, 0.25) is 0 Å². The van der Waals surface area contributed by atoms with E-state index >= 15 is 0 Å². The molecule has 6 nitrogen and oxygen atoms in total. The Kier molecular flexibility index (Phi) is 2.76. The lowest BCUT2D eigenvalue weighted by molar-refractivity contribution is 0.596. The number of aromatic nitrogens is 3. The Bertz CT molecular complexity index is 421. The molecule has 13 heavy (non-hydrogen) atoms. The number of rotatable bonds is 2. The normalized spacial score (nSPS) is 12.8. The largest absolute Gasteiger partial charge is 0.333 e. The van der Waals surface area contributed by atoms with Crippen LogP contribution in [-0.4, -0.2) is 19.8 Å². The van der Waals surface area contributed by atoms with Crippen molar-refractivity contribution in [2.24, 2.45) is 0 Å². The minimum Gasteiger partial charge on any atom is -0.259 e. The predicted molar refractivity (Wildman–Crippen MR) is 50.4 cm³/mol. The quantitative estimate of drug-likeness (QED) is 0.513. The third-order valence-electron chi connectivity index (χ3n) is 1.38. The third-order valence-corrected chi connectivity index (χ3v) is 1.54. The number of thiol groups is 1. The summed E-state index contributed by atoms with van der Waals surface area (Å²) in [6, 6.07) is 0. The molecule has 0 bridgehead atoms. The van der Waals surface area contributed by atoms with Gasteiger partial charge in [-0.2, -0.15) is 12.6 Å². The Morgan fingerprint density at radius 3 is 2.15 bits per heavy atom. The molecular weight excluding hydrogens is 194 g/mol. The first-order valence-corrected chi connectivity index (χ1v) is 4.14. The lowest BCUT2D eigenvalue weighted by atomic mass is 10.5. The maximum atomic E-state index is 11.0. The highest BCUT2D eigenvalue weighted by Gasteiger charge is 2.04. The maximum Gasteiger partial charge on any atom is 0.333 e. The van der Waals surface area contributed by atoms with Crippen LogP contribution in [0.1, 0.15) is 6.92 Å². The summed E-state index contributed by atoms with van der Waals surface area (Å²) in [5.74, 6) is 0. The minimum absolute atomic E-state index is 0.135. The Balaban J connectivity index is 3.30. The summed E-state index contributed by atoms with van der Waals surface area (Å²) in [6.07, 6.45) is 0. The summed E-state index contributed by atoms with van der Waals surface area (Å²) >= 11 is 4.03. The Morgan fingerprint density at radius 1 is 1.31 bits per heavy atom. The monoisotopic (exact) mass is 203 g/mol. The molecule has 0 aromatic carbocycles. The summed E-state index contributed by atoms with van der Waals surface area (Å²) in [5, 5.41) is -0.135. The molecule has 0 aliphatic rings. The van der Waals surface area contributed by atoms with Gasteiger partial charge in [0.25, 0.3) is 0 Å². The highest BCUT2D eigenvalue weighted by Crippen LogP contribution is 1.91. The molecule has 0 fully saturated rings. The molecule has 0 saturated heterocycles. The molecule has 1 aromatic heterocycles. The van der Waals surface area contributed by atoms with Crippen LogP contribution in [0.4, 0.5) is 0 Å². The lowest BCUT2D eigenvalue weighted by Gasteiger charge is -2.04. The third kappa shape index (κ3) is 2.35. The van der Waals surface area contributed by atoms with Gasteiger partial charge in [-0.1, -0.05) is 6.92 Å². The van der Waals surface area contributed by atoms with Crippen LogP contribution in [-0.2, 0) is 6.54 Å². The first-order chi connectivity index (χ1) is 6.00. The molecule has 0 spiro atoms. The molecule has 0 amide bonds. The zero-order chi connectivity index (χ0) is 10.0. The van der Waals surface area contributed by atoms with Crippen LogP contribution in [0.25, 0.3) is 0 Å². The average Bonchev–Trinajstić information content (AvgIpc) is 1.96. The van der Waals surface area contributed by atoms with E-state index in [1.807, 2.05) is 9.97 Å². The van der Waals surface area contributed by atoms with Crippen LogP contribution in [0, 0.1) is 0 Å². The predicted octanol–water partition coefficient (Wildman–Crippen LogP) is -1.46. The van der Waals surface area contributed by atoms with Gasteiger partial charge in [0.05, 0.1) is 0 Å². The maximum absolute atomic E-state index is 11.0. The highest BCUT2D eigenvalue weighted by atomic mass is 32.1. The van der Waals surface area contributed by atoms with E-state index in [0.717, 1.165) is 4.57 Å². The number of aromatic amines is 2. The smallest absolute Gasteiger partial charge is 0.259 e. The number of hydrogen-bond donors (Lipinski definition) is 3. The first-order valence-electron chi connectivity index (χ1n) is 3.62. The van der Waals surface area contributed by atoms with Crippen molar-refractivity contribution in [3.05, 3.63) is 31.5 Å². The fourth-order valence-electron chi connectivity index (χ4n) is 0.883. The van der Waals surface area contributed by atoms with Crippen molar-refractivity contribution in [2.45, 2.75) is 18.7 Å². The molecule has 0 aliphatic heterocycles. The Morgan fingerprint density at radius 2 is 1.77 bits per heavy atom. The summed E-state index contributed by atoms with van der Waals surface area (Å²) in [4.78, 5) is 36.6. The molecule has 72 valence electrons. The van der Waals surface area contributed by atoms with E-state index in [1.54, 1.807) is 6.92 Å². The molecule has 0 radical (unpaired) electrons. The number of H-pyrrole nitrogens is 2. The van der Waals surface area contributed by atoms with Gasteiger partial charge in [-0.25, -0.2) is 19.0 Å². The summed E-state index contributed by atoms with van der Waals surface area (Å²) in [5.41, 5.74) is -2.22. The van der Waals surface area contributed by atoms with Crippen molar-refractivity contribution in [3.8, 4) is 0 Å². The average molecular weight is 203 g/mol. The number of hydrogen-bond acceptors (Lipinski definition) is 4. The molecule has 7 heteroatoms. The topological polar surface area (TPSA) is 87.7 Å².